The second kappa shape index (κ2) is 8.68. The summed E-state index contributed by atoms with van der Waals surface area (Å²) in [4.78, 5) is 0. The Morgan fingerprint density at radius 1 is 1.00 bits per heavy atom. The van der Waals surface area contributed by atoms with Gasteiger partial charge in [-0.3, -0.25) is 0 Å². The molecule has 3 rings (SSSR count). The van der Waals surface area contributed by atoms with Crippen molar-refractivity contribution in [2.75, 3.05) is 27.9 Å². The van der Waals surface area contributed by atoms with E-state index in [0.29, 0.717) is 30.1 Å². The Labute approximate surface area is 164 Å². The molecule has 7 heteroatoms. The molecule has 0 radical (unpaired) electrons. The van der Waals surface area contributed by atoms with Crippen LogP contribution in [-0.2, 0) is 15.9 Å². The van der Waals surface area contributed by atoms with Gasteiger partial charge in [-0.15, -0.1) is 0 Å². The van der Waals surface area contributed by atoms with Gasteiger partial charge in [0, 0.05) is 18.9 Å². The molecule has 1 aliphatic rings. The molecule has 2 aromatic carbocycles. The van der Waals surface area contributed by atoms with Crippen LogP contribution >= 0.6 is 0 Å². The Morgan fingerprint density at radius 3 is 2.29 bits per heavy atom. The SMILES string of the molecule is COc1cc(C[C@H]2[C@@H](OC)OC[C@@H]2[C@H](O)c2ccc(O)c(OC)c2)ccc1O. The molecule has 0 saturated carbocycles. The van der Waals surface area contributed by atoms with Crippen molar-refractivity contribution in [3.05, 3.63) is 47.5 Å². The lowest BCUT2D eigenvalue weighted by Crippen LogP contribution is -2.28. The summed E-state index contributed by atoms with van der Waals surface area (Å²) in [6.45, 7) is 0.336. The first-order chi connectivity index (χ1) is 13.5. The Bertz CT molecular complexity index is 807. The van der Waals surface area contributed by atoms with E-state index in [2.05, 4.69) is 0 Å². The third kappa shape index (κ3) is 4.01. The van der Waals surface area contributed by atoms with E-state index in [1.165, 1.54) is 20.3 Å². The second-order valence-electron chi connectivity index (χ2n) is 6.85. The molecule has 0 aliphatic carbocycles. The fourth-order valence-electron chi connectivity index (χ4n) is 3.72. The number of aliphatic hydroxyl groups excluding tert-OH is 1. The summed E-state index contributed by atoms with van der Waals surface area (Å²) >= 11 is 0. The van der Waals surface area contributed by atoms with Crippen LogP contribution in [0.4, 0.5) is 0 Å². The molecule has 0 spiro atoms. The van der Waals surface area contributed by atoms with Crippen LogP contribution in [0.2, 0.25) is 0 Å². The molecule has 0 unspecified atom stereocenters. The van der Waals surface area contributed by atoms with Crippen LogP contribution in [0.1, 0.15) is 17.2 Å². The third-order valence-electron chi connectivity index (χ3n) is 5.25. The minimum Gasteiger partial charge on any atom is -0.504 e. The topological polar surface area (TPSA) is 97.6 Å². The largest absolute Gasteiger partial charge is 0.504 e. The van der Waals surface area contributed by atoms with Crippen LogP contribution in [0.5, 0.6) is 23.0 Å². The second-order valence-corrected chi connectivity index (χ2v) is 6.85. The number of phenols is 2. The zero-order valence-corrected chi connectivity index (χ0v) is 16.2. The molecule has 4 atom stereocenters. The predicted octanol–water partition coefficient (Wildman–Crippen LogP) is 2.63. The van der Waals surface area contributed by atoms with Gasteiger partial charge < -0.3 is 34.3 Å². The number of rotatable bonds is 7. The first kappa shape index (κ1) is 20.3. The number of methoxy groups -OCH3 is 3. The van der Waals surface area contributed by atoms with Crippen LogP contribution in [0, 0.1) is 11.8 Å². The lowest BCUT2D eigenvalue weighted by molar-refractivity contribution is -0.110. The fourth-order valence-corrected chi connectivity index (χ4v) is 3.72. The molecule has 1 saturated heterocycles. The quantitative estimate of drug-likeness (QED) is 0.669. The van der Waals surface area contributed by atoms with E-state index in [-0.39, 0.29) is 23.3 Å². The highest BCUT2D eigenvalue weighted by Crippen LogP contribution is 2.41. The van der Waals surface area contributed by atoms with Crippen LogP contribution < -0.4 is 9.47 Å². The molecule has 2 aromatic rings. The summed E-state index contributed by atoms with van der Waals surface area (Å²) in [5.41, 5.74) is 1.57. The molecular formula is C21H26O7. The molecule has 0 bridgehead atoms. The lowest BCUT2D eigenvalue weighted by Gasteiger charge is -2.26. The maximum absolute atomic E-state index is 11.0. The van der Waals surface area contributed by atoms with Crippen molar-refractivity contribution in [1.82, 2.24) is 0 Å². The van der Waals surface area contributed by atoms with E-state index < -0.39 is 12.4 Å². The van der Waals surface area contributed by atoms with Crippen molar-refractivity contribution in [2.24, 2.45) is 11.8 Å². The summed E-state index contributed by atoms with van der Waals surface area (Å²) in [5.74, 6) is 0.450. The number of phenolic OH excluding ortho intramolecular Hbond substituents is 2. The highest BCUT2D eigenvalue weighted by Gasteiger charge is 2.42. The van der Waals surface area contributed by atoms with Crippen molar-refractivity contribution >= 4 is 0 Å². The van der Waals surface area contributed by atoms with E-state index in [9.17, 15) is 15.3 Å². The van der Waals surface area contributed by atoms with Gasteiger partial charge in [-0.05, 0) is 41.8 Å². The van der Waals surface area contributed by atoms with Gasteiger partial charge in [0.25, 0.3) is 0 Å². The van der Waals surface area contributed by atoms with Crippen molar-refractivity contribution in [3.63, 3.8) is 0 Å². The Hall–Kier alpha value is -2.48. The number of ether oxygens (including phenoxy) is 4. The Kier molecular flexibility index (Phi) is 6.28. The van der Waals surface area contributed by atoms with Crippen LogP contribution in [0.3, 0.4) is 0 Å². The average molecular weight is 390 g/mol. The fraction of sp³-hybridized carbons (Fsp3) is 0.429. The van der Waals surface area contributed by atoms with Crippen LogP contribution in [0.15, 0.2) is 36.4 Å². The first-order valence-corrected chi connectivity index (χ1v) is 9.03. The van der Waals surface area contributed by atoms with E-state index in [0.717, 1.165) is 5.56 Å². The maximum atomic E-state index is 11.0. The molecule has 28 heavy (non-hydrogen) atoms. The summed E-state index contributed by atoms with van der Waals surface area (Å²) in [5, 5.41) is 30.6. The molecule has 152 valence electrons. The van der Waals surface area contributed by atoms with E-state index in [4.69, 9.17) is 18.9 Å². The molecule has 7 nitrogen and oxygen atoms in total. The number of hydrogen-bond acceptors (Lipinski definition) is 7. The molecule has 3 N–H and O–H groups in total. The van der Waals surface area contributed by atoms with E-state index >= 15 is 0 Å². The van der Waals surface area contributed by atoms with Crippen LogP contribution in [0.25, 0.3) is 0 Å². The van der Waals surface area contributed by atoms with Crippen LogP contribution in [-0.4, -0.2) is 49.5 Å². The monoisotopic (exact) mass is 390 g/mol. The first-order valence-electron chi connectivity index (χ1n) is 9.03. The number of hydrogen-bond donors (Lipinski definition) is 3. The molecule has 0 amide bonds. The normalized spacial score (nSPS) is 22.8. The molecule has 1 heterocycles. The van der Waals surface area contributed by atoms with Gasteiger partial charge in [-0.1, -0.05) is 12.1 Å². The zero-order valence-electron chi connectivity index (χ0n) is 16.2. The third-order valence-corrected chi connectivity index (χ3v) is 5.25. The summed E-state index contributed by atoms with van der Waals surface area (Å²) in [6, 6.07) is 9.97. The number of benzene rings is 2. The molecule has 1 fully saturated rings. The van der Waals surface area contributed by atoms with Gasteiger partial charge in [0.15, 0.2) is 29.3 Å². The van der Waals surface area contributed by atoms with Gasteiger partial charge in [0.2, 0.25) is 0 Å². The molecule has 0 aromatic heterocycles. The van der Waals surface area contributed by atoms with Gasteiger partial charge in [-0.25, -0.2) is 0 Å². The number of aromatic hydroxyl groups is 2. The van der Waals surface area contributed by atoms with Crippen molar-refractivity contribution < 1.29 is 34.3 Å². The Balaban J connectivity index is 1.85. The average Bonchev–Trinajstić information content (AvgIpc) is 3.11. The van der Waals surface area contributed by atoms with E-state index in [1.807, 2.05) is 6.07 Å². The van der Waals surface area contributed by atoms with Gasteiger partial charge in [0.05, 0.1) is 26.9 Å². The van der Waals surface area contributed by atoms with Crippen molar-refractivity contribution in [2.45, 2.75) is 18.8 Å². The van der Waals surface area contributed by atoms with Gasteiger partial charge >= 0.3 is 0 Å². The zero-order chi connectivity index (χ0) is 20.3. The number of aliphatic hydroxyl groups is 1. The molecule has 1 aliphatic heterocycles. The lowest BCUT2D eigenvalue weighted by atomic mass is 9.82. The standard InChI is InChI=1S/C21H26O7/c1-25-18-9-12(4-6-16(18)22)8-14-15(11-28-21(14)27-3)20(24)13-5-7-17(23)19(10-13)26-2/h4-7,9-10,14-15,20-24H,8,11H2,1-3H3/t14-,15+,20-,21+/m1/s1. The summed E-state index contributed by atoms with van der Waals surface area (Å²) in [7, 11) is 4.54. The van der Waals surface area contributed by atoms with Gasteiger partial charge in [0.1, 0.15) is 0 Å². The minimum atomic E-state index is -0.821. The molecular weight excluding hydrogens is 364 g/mol. The highest BCUT2D eigenvalue weighted by molar-refractivity contribution is 5.43. The Morgan fingerprint density at radius 2 is 1.64 bits per heavy atom. The maximum Gasteiger partial charge on any atom is 0.160 e. The van der Waals surface area contributed by atoms with Gasteiger partial charge in [-0.2, -0.15) is 0 Å². The van der Waals surface area contributed by atoms with Crippen molar-refractivity contribution in [1.29, 1.82) is 0 Å². The summed E-state index contributed by atoms with van der Waals surface area (Å²) in [6.07, 6.45) is -0.705. The summed E-state index contributed by atoms with van der Waals surface area (Å²) < 4.78 is 21.6. The minimum absolute atomic E-state index is 0.0172. The predicted molar refractivity (Wildman–Crippen MR) is 102 cm³/mol. The van der Waals surface area contributed by atoms with Crippen molar-refractivity contribution in [3.8, 4) is 23.0 Å². The van der Waals surface area contributed by atoms with E-state index in [1.54, 1.807) is 31.4 Å². The smallest absolute Gasteiger partial charge is 0.160 e. The highest BCUT2D eigenvalue weighted by atomic mass is 16.7.